The van der Waals surface area contributed by atoms with Crippen LogP contribution in [0, 0.1) is 0 Å². The van der Waals surface area contributed by atoms with E-state index < -0.39 is 5.91 Å². The zero-order chi connectivity index (χ0) is 29.5. The number of nitrogens with one attached hydrogen (secondary N) is 2. The van der Waals surface area contributed by atoms with Crippen LogP contribution in [0.3, 0.4) is 0 Å². The summed E-state index contributed by atoms with van der Waals surface area (Å²) in [6.45, 7) is -0.0607. The molecule has 5 rings (SSSR count). The van der Waals surface area contributed by atoms with Crippen LogP contribution in [-0.4, -0.2) is 23.2 Å². The molecule has 0 aliphatic carbocycles. The van der Waals surface area contributed by atoms with Crippen LogP contribution in [0.2, 0.25) is 5.02 Å². The number of aromatic hydroxyl groups is 1. The van der Waals surface area contributed by atoms with E-state index in [4.69, 9.17) is 21.2 Å². The first-order valence-electron chi connectivity index (χ1n) is 12.9. The highest BCUT2D eigenvalue weighted by Crippen LogP contribution is 2.41. The van der Waals surface area contributed by atoms with Crippen molar-refractivity contribution in [1.29, 1.82) is 0 Å². The molecule has 9 nitrogen and oxygen atoms in total. The first-order valence-corrected chi connectivity index (χ1v) is 13.3. The fourth-order valence-electron chi connectivity index (χ4n) is 4.30. The zero-order valence-electron chi connectivity index (χ0n) is 22.5. The maximum Gasteiger partial charge on any atom is 0.259 e. The van der Waals surface area contributed by atoms with Crippen molar-refractivity contribution >= 4 is 51.0 Å². The molecule has 1 amide bonds. The summed E-state index contributed by atoms with van der Waals surface area (Å²) in [4.78, 5) is 18.9. The predicted molar refractivity (Wildman–Crippen MR) is 163 cm³/mol. The quantitative estimate of drug-likeness (QED) is 0.0979. The molecule has 10 heteroatoms. The number of anilines is 2. The normalized spacial score (nSPS) is 11.1. The van der Waals surface area contributed by atoms with Crippen LogP contribution < -0.4 is 15.5 Å². The van der Waals surface area contributed by atoms with E-state index in [-0.39, 0.29) is 30.2 Å². The van der Waals surface area contributed by atoms with Crippen LogP contribution >= 0.6 is 11.6 Å². The van der Waals surface area contributed by atoms with Crippen molar-refractivity contribution in [3.63, 3.8) is 0 Å². The molecule has 0 saturated carbocycles. The molecular weight excluding hydrogens is 556 g/mol. The number of phenolic OH excluding ortho intramolecular Hbond substituents is 1. The molecule has 0 fully saturated rings. The second-order valence-corrected chi connectivity index (χ2v) is 9.66. The molecule has 0 atom stereocenters. The number of benzene rings is 5. The minimum atomic E-state index is -0.602. The molecule has 5 aromatic carbocycles. The number of nitrogens with zero attached hydrogens (tertiary/aromatic N) is 2. The Hall–Kier alpha value is -4.96. The number of hydrogen-bond donors (Lipinski definition) is 4. The number of halogens is 1. The van der Waals surface area contributed by atoms with Crippen LogP contribution in [0.25, 0.3) is 10.8 Å². The lowest BCUT2D eigenvalue weighted by Gasteiger charge is -2.13. The summed E-state index contributed by atoms with van der Waals surface area (Å²) in [6, 6.07) is 28.4. The molecule has 5 aromatic rings. The van der Waals surface area contributed by atoms with Crippen LogP contribution in [0.1, 0.15) is 21.5 Å². The van der Waals surface area contributed by atoms with E-state index in [0.717, 1.165) is 11.3 Å². The number of aliphatic hydroxyl groups is 1. The SMILES string of the molecule is COc1ccc(CONc2ccccc2)cc1N=Nc1c(O)c(C(=O)Nc2cc(Cl)ccc2CO)cc2ccccc12. The third kappa shape index (κ3) is 6.50. The fourth-order valence-corrected chi connectivity index (χ4v) is 4.47. The number of hydrogen-bond acceptors (Lipinski definition) is 8. The smallest absolute Gasteiger partial charge is 0.259 e. The number of para-hydroxylation sites is 1. The van der Waals surface area contributed by atoms with Crippen LogP contribution in [0.5, 0.6) is 11.5 Å². The highest BCUT2D eigenvalue weighted by molar-refractivity contribution is 6.31. The van der Waals surface area contributed by atoms with Crippen molar-refractivity contribution in [2.24, 2.45) is 10.2 Å². The van der Waals surface area contributed by atoms with Crippen molar-refractivity contribution in [3.8, 4) is 11.5 Å². The number of amides is 1. The largest absolute Gasteiger partial charge is 0.505 e. The average Bonchev–Trinajstić information content (AvgIpc) is 3.01. The standard InChI is InChI=1S/C32H27ClN4O5/c1-41-29-14-11-20(19-42-37-24-8-3-2-4-9-24)15-28(29)35-36-30-25-10-6-5-7-21(25)16-26(31(30)39)32(40)34-27-17-23(33)13-12-22(27)18-38/h2-17,37-39H,18-19H2,1H3,(H,34,40). The van der Waals surface area contributed by atoms with E-state index in [1.54, 1.807) is 48.5 Å². The Morgan fingerprint density at radius 3 is 2.50 bits per heavy atom. The van der Waals surface area contributed by atoms with Crippen molar-refractivity contribution < 1.29 is 24.6 Å². The van der Waals surface area contributed by atoms with Gasteiger partial charge >= 0.3 is 0 Å². The Kier molecular flexibility index (Phi) is 8.93. The molecule has 0 radical (unpaired) electrons. The molecule has 212 valence electrons. The van der Waals surface area contributed by atoms with Gasteiger partial charge in [-0.2, -0.15) is 0 Å². The Bertz CT molecular complexity index is 1760. The maximum absolute atomic E-state index is 13.3. The van der Waals surface area contributed by atoms with Gasteiger partial charge in [0.2, 0.25) is 0 Å². The van der Waals surface area contributed by atoms with Gasteiger partial charge in [0.1, 0.15) is 17.1 Å². The lowest BCUT2D eigenvalue weighted by Crippen LogP contribution is -2.13. The summed E-state index contributed by atoms with van der Waals surface area (Å²) in [5.74, 6) is -0.490. The summed E-state index contributed by atoms with van der Waals surface area (Å²) in [5.41, 5.74) is 5.82. The van der Waals surface area contributed by atoms with Crippen molar-refractivity contribution in [2.45, 2.75) is 13.2 Å². The maximum atomic E-state index is 13.3. The molecular formula is C32H27ClN4O5. The highest BCUT2D eigenvalue weighted by Gasteiger charge is 2.20. The topological polar surface area (TPSA) is 125 Å². The van der Waals surface area contributed by atoms with E-state index in [0.29, 0.717) is 38.5 Å². The molecule has 0 unspecified atom stereocenters. The molecule has 0 aliphatic heterocycles. The second-order valence-electron chi connectivity index (χ2n) is 9.22. The molecule has 0 aromatic heterocycles. The molecule has 0 spiro atoms. The highest BCUT2D eigenvalue weighted by atomic mass is 35.5. The number of methoxy groups -OCH3 is 1. The summed E-state index contributed by atoms with van der Waals surface area (Å²) in [6.07, 6.45) is 0. The number of aliphatic hydroxyl groups excluding tert-OH is 1. The zero-order valence-corrected chi connectivity index (χ0v) is 23.3. The monoisotopic (exact) mass is 582 g/mol. The first kappa shape index (κ1) is 28.6. The van der Waals surface area contributed by atoms with Crippen molar-refractivity contribution in [3.05, 3.63) is 119 Å². The number of ether oxygens (including phenoxy) is 1. The average molecular weight is 583 g/mol. The fraction of sp³-hybridized carbons (Fsp3) is 0.0938. The van der Waals surface area contributed by atoms with Gasteiger partial charge in [-0.15, -0.1) is 10.2 Å². The van der Waals surface area contributed by atoms with Gasteiger partial charge in [-0.1, -0.05) is 66.2 Å². The minimum Gasteiger partial charge on any atom is -0.505 e. The summed E-state index contributed by atoms with van der Waals surface area (Å²) in [7, 11) is 1.52. The second kappa shape index (κ2) is 13.1. The summed E-state index contributed by atoms with van der Waals surface area (Å²) >= 11 is 6.10. The molecule has 42 heavy (non-hydrogen) atoms. The lowest BCUT2D eigenvalue weighted by molar-refractivity contribution is 0.102. The first-order chi connectivity index (χ1) is 20.5. The third-order valence-electron chi connectivity index (χ3n) is 6.43. The minimum absolute atomic E-state index is 0.0207. The Morgan fingerprint density at radius 1 is 0.929 bits per heavy atom. The molecule has 4 N–H and O–H groups in total. The number of fused-ring (bicyclic) bond motifs is 1. The summed E-state index contributed by atoms with van der Waals surface area (Å²) < 4.78 is 5.47. The van der Waals surface area contributed by atoms with Crippen molar-refractivity contribution in [2.75, 3.05) is 17.9 Å². The van der Waals surface area contributed by atoms with Gasteiger partial charge in [-0.05, 0) is 53.4 Å². The van der Waals surface area contributed by atoms with Gasteiger partial charge in [0.25, 0.3) is 5.91 Å². The lowest BCUT2D eigenvalue weighted by atomic mass is 10.0. The van der Waals surface area contributed by atoms with Gasteiger partial charge < -0.3 is 20.3 Å². The molecule has 0 aliphatic rings. The number of carbonyl (C=O) groups is 1. The number of rotatable bonds is 10. The van der Waals surface area contributed by atoms with E-state index in [9.17, 15) is 15.0 Å². The van der Waals surface area contributed by atoms with Crippen LogP contribution in [0.15, 0.2) is 107 Å². The van der Waals surface area contributed by atoms with Gasteiger partial charge in [-0.3, -0.25) is 15.1 Å². The van der Waals surface area contributed by atoms with E-state index in [1.165, 1.54) is 13.2 Å². The molecule has 0 heterocycles. The van der Waals surface area contributed by atoms with Crippen molar-refractivity contribution in [1.82, 2.24) is 0 Å². The molecule has 0 bridgehead atoms. The summed E-state index contributed by atoms with van der Waals surface area (Å²) in [5, 5.41) is 34.1. The molecule has 0 saturated heterocycles. The Morgan fingerprint density at radius 2 is 1.71 bits per heavy atom. The van der Waals surface area contributed by atoms with Gasteiger partial charge in [0.05, 0.1) is 31.6 Å². The number of carbonyl (C=O) groups excluding carboxylic acids is 1. The van der Waals surface area contributed by atoms with Gasteiger partial charge in [0.15, 0.2) is 5.75 Å². The Labute approximate surface area is 247 Å². The van der Waals surface area contributed by atoms with E-state index in [2.05, 4.69) is 21.0 Å². The van der Waals surface area contributed by atoms with E-state index in [1.807, 2.05) is 42.5 Å². The van der Waals surface area contributed by atoms with Gasteiger partial charge in [-0.25, -0.2) is 0 Å². The predicted octanol–water partition coefficient (Wildman–Crippen LogP) is 7.91. The number of azo groups is 1. The van der Waals surface area contributed by atoms with E-state index >= 15 is 0 Å². The van der Waals surface area contributed by atoms with Crippen LogP contribution in [0.4, 0.5) is 22.7 Å². The van der Waals surface area contributed by atoms with Crippen LogP contribution in [-0.2, 0) is 18.1 Å². The number of phenols is 1. The third-order valence-corrected chi connectivity index (χ3v) is 6.67. The Balaban J connectivity index is 1.46. The van der Waals surface area contributed by atoms with Gasteiger partial charge in [0, 0.05) is 21.7 Å².